The number of nitrogens with one attached hydrogen (secondary N) is 3. The number of ether oxygens (including phenoxy) is 2. The molecule has 8 nitrogen and oxygen atoms in total. The van der Waals surface area contributed by atoms with Crippen molar-refractivity contribution < 1.29 is 23.9 Å². The summed E-state index contributed by atoms with van der Waals surface area (Å²) in [5, 5.41) is 8.62. The molecule has 3 rings (SSSR count). The smallest absolute Gasteiger partial charge is 0.255 e. The molecule has 0 aliphatic rings. The van der Waals surface area contributed by atoms with Crippen molar-refractivity contribution in [1.82, 2.24) is 5.32 Å². The number of aryl methyl sites for hydroxylation is 1. The average Bonchev–Trinajstić information content (AvgIpc) is 2.93. The Labute approximate surface area is 223 Å². The Kier molecular flexibility index (Phi) is 10.7. The number of hydrogen-bond donors (Lipinski definition) is 3. The fraction of sp³-hybridized carbons (Fsp3) is 0.300. The Morgan fingerprint density at radius 1 is 0.763 bits per heavy atom. The first-order chi connectivity index (χ1) is 18.4. The van der Waals surface area contributed by atoms with Gasteiger partial charge in [-0.2, -0.15) is 0 Å². The highest BCUT2D eigenvalue weighted by Crippen LogP contribution is 2.36. The van der Waals surface area contributed by atoms with Crippen LogP contribution in [0.4, 0.5) is 11.4 Å². The molecule has 3 N–H and O–H groups in total. The van der Waals surface area contributed by atoms with Crippen LogP contribution in [0.5, 0.6) is 11.5 Å². The van der Waals surface area contributed by atoms with Crippen LogP contribution in [0, 0.1) is 0 Å². The predicted octanol–water partition coefficient (Wildman–Crippen LogP) is 5.20. The zero-order chi connectivity index (χ0) is 27.3. The molecule has 0 unspecified atom stereocenters. The molecule has 0 radical (unpaired) electrons. The van der Waals surface area contributed by atoms with E-state index in [1.807, 2.05) is 31.2 Å². The lowest BCUT2D eigenvalue weighted by Crippen LogP contribution is -2.32. The molecule has 1 atom stereocenters. The van der Waals surface area contributed by atoms with Crippen LogP contribution in [0.3, 0.4) is 0 Å². The maximum Gasteiger partial charge on any atom is 0.255 e. The molecule has 3 aromatic rings. The zero-order valence-electron chi connectivity index (χ0n) is 22.1. The monoisotopic (exact) mass is 517 g/mol. The lowest BCUT2D eigenvalue weighted by atomic mass is 10.1. The van der Waals surface area contributed by atoms with Gasteiger partial charge in [-0.05, 0) is 43.9 Å². The van der Waals surface area contributed by atoms with Gasteiger partial charge < -0.3 is 25.4 Å². The fourth-order valence-corrected chi connectivity index (χ4v) is 3.95. The van der Waals surface area contributed by atoms with Crippen molar-refractivity contribution >= 4 is 29.1 Å². The summed E-state index contributed by atoms with van der Waals surface area (Å²) in [5.74, 6) is 0.115. The van der Waals surface area contributed by atoms with E-state index in [0.717, 1.165) is 12.8 Å². The van der Waals surface area contributed by atoms with Gasteiger partial charge in [-0.3, -0.25) is 14.4 Å². The minimum absolute atomic E-state index is 0.0501. The normalized spacial score (nSPS) is 11.2. The van der Waals surface area contributed by atoms with E-state index >= 15 is 0 Å². The van der Waals surface area contributed by atoms with Gasteiger partial charge in [-0.1, -0.05) is 48.5 Å². The minimum atomic E-state index is -0.296. The van der Waals surface area contributed by atoms with E-state index in [1.54, 1.807) is 36.4 Å². The van der Waals surface area contributed by atoms with E-state index in [4.69, 9.17) is 9.47 Å². The van der Waals surface area contributed by atoms with Crippen molar-refractivity contribution in [2.24, 2.45) is 0 Å². The van der Waals surface area contributed by atoms with E-state index in [2.05, 4.69) is 28.1 Å². The van der Waals surface area contributed by atoms with E-state index in [-0.39, 0.29) is 36.6 Å². The highest BCUT2D eigenvalue weighted by atomic mass is 16.5. The molecule has 200 valence electrons. The van der Waals surface area contributed by atoms with Crippen molar-refractivity contribution in [2.45, 2.75) is 45.1 Å². The molecule has 0 heterocycles. The standard InChI is InChI=1S/C30H35N3O5/c1-21(17-18-22-11-6-4-7-12-22)31-28(34)15-10-16-29(35)32-24-19-27(38-3)25(20-26(24)37-2)33-30(36)23-13-8-5-9-14-23/h4-9,11-14,19-21H,10,15-18H2,1-3H3,(H,31,34)(H,32,35)(H,33,36)/t21-/m1/s1. The Morgan fingerprint density at radius 3 is 1.92 bits per heavy atom. The number of methoxy groups -OCH3 is 2. The van der Waals surface area contributed by atoms with Crippen LogP contribution >= 0.6 is 0 Å². The third kappa shape index (κ3) is 8.65. The van der Waals surface area contributed by atoms with Crippen LogP contribution in [0.25, 0.3) is 0 Å². The molecule has 0 aromatic heterocycles. The average molecular weight is 518 g/mol. The van der Waals surface area contributed by atoms with E-state index < -0.39 is 0 Å². The summed E-state index contributed by atoms with van der Waals surface area (Å²) >= 11 is 0. The van der Waals surface area contributed by atoms with Gasteiger partial charge in [-0.25, -0.2) is 0 Å². The molecule has 8 heteroatoms. The first-order valence-electron chi connectivity index (χ1n) is 12.6. The van der Waals surface area contributed by atoms with Gasteiger partial charge in [-0.15, -0.1) is 0 Å². The van der Waals surface area contributed by atoms with Crippen molar-refractivity contribution in [3.8, 4) is 11.5 Å². The molecule has 3 aromatic carbocycles. The second-order valence-corrected chi connectivity index (χ2v) is 8.97. The van der Waals surface area contributed by atoms with Crippen LogP contribution < -0.4 is 25.4 Å². The summed E-state index contributed by atoms with van der Waals surface area (Å²) in [4.78, 5) is 37.5. The number of benzene rings is 3. The van der Waals surface area contributed by atoms with Crippen LogP contribution in [0.2, 0.25) is 0 Å². The largest absolute Gasteiger partial charge is 0.494 e. The third-order valence-corrected chi connectivity index (χ3v) is 6.00. The molecule has 0 saturated heterocycles. The number of amides is 3. The second kappa shape index (κ2) is 14.4. The maximum absolute atomic E-state index is 12.6. The van der Waals surface area contributed by atoms with E-state index in [9.17, 15) is 14.4 Å². The molecular formula is C30H35N3O5. The first-order valence-corrected chi connectivity index (χ1v) is 12.6. The Morgan fingerprint density at radius 2 is 1.32 bits per heavy atom. The Hall–Kier alpha value is -4.33. The first kappa shape index (κ1) is 28.2. The summed E-state index contributed by atoms with van der Waals surface area (Å²) in [7, 11) is 2.95. The molecule has 0 aliphatic heterocycles. The van der Waals surface area contributed by atoms with Gasteiger partial charge in [0.2, 0.25) is 11.8 Å². The molecule has 38 heavy (non-hydrogen) atoms. The number of hydrogen-bond acceptors (Lipinski definition) is 5. The molecule has 0 spiro atoms. The van der Waals surface area contributed by atoms with Gasteiger partial charge in [0.1, 0.15) is 11.5 Å². The Bertz CT molecular complexity index is 1220. The predicted molar refractivity (Wildman–Crippen MR) is 149 cm³/mol. The van der Waals surface area contributed by atoms with Gasteiger partial charge in [0.15, 0.2) is 0 Å². The van der Waals surface area contributed by atoms with Gasteiger partial charge in [0.05, 0.1) is 25.6 Å². The molecular weight excluding hydrogens is 482 g/mol. The summed E-state index contributed by atoms with van der Waals surface area (Å²) in [6.45, 7) is 1.99. The van der Waals surface area contributed by atoms with Gasteiger partial charge in [0.25, 0.3) is 5.91 Å². The Balaban J connectivity index is 1.49. The van der Waals surface area contributed by atoms with E-state index in [1.165, 1.54) is 19.8 Å². The van der Waals surface area contributed by atoms with Crippen LogP contribution in [-0.4, -0.2) is 38.0 Å². The molecule has 3 amide bonds. The number of anilines is 2. The third-order valence-electron chi connectivity index (χ3n) is 6.00. The lowest BCUT2D eigenvalue weighted by Gasteiger charge is -2.16. The minimum Gasteiger partial charge on any atom is -0.494 e. The topological polar surface area (TPSA) is 106 Å². The summed E-state index contributed by atoms with van der Waals surface area (Å²) in [5.41, 5.74) is 2.56. The summed E-state index contributed by atoms with van der Waals surface area (Å²) < 4.78 is 10.9. The van der Waals surface area contributed by atoms with Crippen molar-refractivity contribution in [1.29, 1.82) is 0 Å². The fourth-order valence-electron chi connectivity index (χ4n) is 3.95. The molecule has 0 aliphatic carbocycles. The molecule has 0 saturated carbocycles. The molecule has 0 fully saturated rings. The van der Waals surface area contributed by atoms with E-state index in [0.29, 0.717) is 34.9 Å². The highest BCUT2D eigenvalue weighted by Gasteiger charge is 2.16. The number of rotatable bonds is 13. The van der Waals surface area contributed by atoms with Gasteiger partial charge in [0, 0.05) is 36.6 Å². The second-order valence-electron chi connectivity index (χ2n) is 8.97. The maximum atomic E-state index is 12.6. The number of carbonyl (C=O) groups is 3. The zero-order valence-corrected chi connectivity index (χ0v) is 22.1. The lowest BCUT2D eigenvalue weighted by molar-refractivity contribution is -0.122. The molecule has 0 bridgehead atoms. The SMILES string of the molecule is COc1cc(NC(=O)c2ccccc2)c(OC)cc1NC(=O)CCCC(=O)N[C@H](C)CCc1ccccc1. The summed E-state index contributed by atoms with van der Waals surface area (Å²) in [6.07, 6.45) is 2.58. The van der Waals surface area contributed by atoms with Crippen LogP contribution in [0.15, 0.2) is 72.8 Å². The highest BCUT2D eigenvalue weighted by molar-refractivity contribution is 6.05. The van der Waals surface area contributed by atoms with Crippen molar-refractivity contribution in [3.05, 3.63) is 83.9 Å². The van der Waals surface area contributed by atoms with Crippen LogP contribution in [0.1, 0.15) is 48.5 Å². The van der Waals surface area contributed by atoms with Crippen LogP contribution in [-0.2, 0) is 16.0 Å². The number of carbonyl (C=O) groups excluding carboxylic acids is 3. The van der Waals surface area contributed by atoms with Gasteiger partial charge >= 0.3 is 0 Å². The van der Waals surface area contributed by atoms with Crippen molar-refractivity contribution in [3.63, 3.8) is 0 Å². The van der Waals surface area contributed by atoms with Crippen molar-refractivity contribution in [2.75, 3.05) is 24.9 Å². The summed E-state index contributed by atoms with van der Waals surface area (Å²) in [6, 6.07) is 22.2. The quantitative estimate of drug-likeness (QED) is 0.289.